The number of rotatable bonds is 4. The Kier molecular flexibility index (Phi) is 5.44. The summed E-state index contributed by atoms with van der Waals surface area (Å²) in [7, 11) is 0. The third kappa shape index (κ3) is 4.53. The molecule has 1 aliphatic heterocycles. The molecule has 1 saturated heterocycles. The highest BCUT2D eigenvalue weighted by Gasteiger charge is 2.28. The molecule has 3 rings (SSSR count). The van der Waals surface area contributed by atoms with Crippen molar-refractivity contribution in [2.45, 2.75) is 38.3 Å². The molecule has 0 aliphatic carbocycles. The van der Waals surface area contributed by atoms with Gasteiger partial charge in [0.2, 0.25) is 6.29 Å². The van der Waals surface area contributed by atoms with E-state index in [9.17, 15) is 19.7 Å². The van der Waals surface area contributed by atoms with Crippen molar-refractivity contribution in [3.63, 3.8) is 0 Å². The van der Waals surface area contributed by atoms with Crippen molar-refractivity contribution in [2.24, 2.45) is 0 Å². The van der Waals surface area contributed by atoms with E-state index in [1.54, 1.807) is 24.3 Å². The Bertz CT molecular complexity index is 778. The van der Waals surface area contributed by atoms with Gasteiger partial charge in [-0.2, -0.15) is 0 Å². The second-order valence-electron chi connectivity index (χ2n) is 6.39. The molecule has 0 bridgehead atoms. The summed E-state index contributed by atoms with van der Waals surface area (Å²) >= 11 is 0. The van der Waals surface area contributed by atoms with Crippen LogP contribution in [0.1, 0.15) is 30.9 Å². The van der Waals surface area contributed by atoms with Gasteiger partial charge in [-0.15, -0.1) is 0 Å². The van der Waals surface area contributed by atoms with Gasteiger partial charge in [0.15, 0.2) is 11.5 Å². The van der Waals surface area contributed by atoms with Crippen LogP contribution in [0, 0.1) is 5.82 Å². The maximum absolute atomic E-state index is 13.0. The number of benzene rings is 2. The fourth-order valence-electron chi connectivity index (χ4n) is 2.91. The normalized spacial score (nSPS) is 23.3. The summed E-state index contributed by atoms with van der Waals surface area (Å²) in [4.78, 5) is 0. The largest absolute Gasteiger partial charge is 0.508 e. The van der Waals surface area contributed by atoms with Crippen LogP contribution in [0.15, 0.2) is 36.4 Å². The van der Waals surface area contributed by atoms with Crippen molar-refractivity contribution >= 4 is 12.2 Å². The van der Waals surface area contributed by atoms with Crippen LogP contribution in [0.4, 0.5) is 4.39 Å². The predicted octanol–water partition coefficient (Wildman–Crippen LogP) is 3.67. The molecule has 0 radical (unpaired) electrons. The minimum absolute atomic E-state index is 0.119. The van der Waals surface area contributed by atoms with Crippen molar-refractivity contribution in [1.82, 2.24) is 0 Å². The predicted molar refractivity (Wildman–Crippen MR) is 95.3 cm³/mol. The van der Waals surface area contributed by atoms with E-state index < -0.39 is 12.4 Å². The summed E-state index contributed by atoms with van der Waals surface area (Å²) in [5, 5.41) is 29.8. The molecule has 0 spiro atoms. The van der Waals surface area contributed by atoms with Gasteiger partial charge in [-0.25, -0.2) is 4.39 Å². The van der Waals surface area contributed by atoms with Gasteiger partial charge >= 0.3 is 0 Å². The maximum Gasteiger partial charge on any atom is 0.202 e. The highest BCUT2D eigenvalue weighted by Crippen LogP contribution is 2.37. The zero-order chi connectivity index (χ0) is 18.7. The molecule has 0 saturated carbocycles. The van der Waals surface area contributed by atoms with Gasteiger partial charge in [-0.3, -0.25) is 0 Å². The average Bonchev–Trinajstić information content (AvgIpc) is 2.56. The van der Waals surface area contributed by atoms with Gasteiger partial charge in [-0.05, 0) is 37.1 Å². The number of ether oxygens (including phenoxy) is 2. The lowest BCUT2D eigenvalue weighted by molar-refractivity contribution is -0.170. The number of phenolic OH excluding ortho intramolecular Hbond substituents is 2. The monoisotopic (exact) mass is 360 g/mol. The molecule has 3 atom stereocenters. The van der Waals surface area contributed by atoms with E-state index in [1.807, 2.05) is 6.92 Å². The minimum atomic E-state index is -0.706. The summed E-state index contributed by atoms with van der Waals surface area (Å²) in [6, 6.07) is 8.52. The molecule has 1 aliphatic rings. The number of aromatic hydroxyl groups is 2. The Morgan fingerprint density at radius 3 is 2.54 bits per heavy atom. The molecule has 1 fully saturated rings. The maximum atomic E-state index is 13.0. The van der Waals surface area contributed by atoms with Gasteiger partial charge in [0.1, 0.15) is 11.6 Å². The molecular weight excluding hydrogens is 339 g/mol. The third-order valence-corrected chi connectivity index (χ3v) is 4.11. The van der Waals surface area contributed by atoms with E-state index in [2.05, 4.69) is 0 Å². The SMILES string of the molecule is CC1CC(O)CC(Oc2c(O)cc(O)cc2/C=C/c2ccc(F)cc2)O1. The lowest BCUT2D eigenvalue weighted by atomic mass is 10.1. The molecule has 1 heterocycles. The van der Waals surface area contributed by atoms with Crippen LogP contribution in [0.2, 0.25) is 0 Å². The van der Waals surface area contributed by atoms with Crippen molar-refractivity contribution < 1.29 is 29.2 Å². The molecule has 26 heavy (non-hydrogen) atoms. The Morgan fingerprint density at radius 1 is 1.12 bits per heavy atom. The first kappa shape index (κ1) is 18.2. The molecule has 2 aromatic carbocycles. The molecule has 3 N–H and O–H groups in total. The minimum Gasteiger partial charge on any atom is -0.508 e. The summed E-state index contributed by atoms with van der Waals surface area (Å²) in [5.41, 5.74) is 1.18. The van der Waals surface area contributed by atoms with Crippen LogP contribution < -0.4 is 4.74 Å². The molecule has 5 nitrogen and oxygen atoms in total. The number of phenols is 2. The van der Waals surface area contributed by atoms with E-state index in [0.717, 1.165) is 5.56 Å². The Balaban J connectivity index is 1.86. The fourth-order valence-corrected chi connectivity index (χ4v) is 2.91. The standard InChI is InChI=1S/C20H21FO5/c1-12-8-16(22)11-19(25-12)26-20-14(9-17(23)10-18(20)24)5-2-13-3-6-15(21)7-4-13/h2-7,9-10,12,16,19,22-24H,8,11H2,1H3/b5-2+. The number of hydrogen-bond acceptors (Lipinski definition) is 5. The van der Waals surface area contributed by atoms with E-state index >= 15 is 0 Å². The Morgan fingerprint density at radius 2 is 1.85 bits per heavy atom. The van der Waals surface area contributed by atoms with Crippen molar-refractivity contribution in [3.8, 4) is 17.2 Å². The van der Waals surface area contributed by atoms with Gasteiger partial charge in [-0.1, -0.05) is 24.3 Å². The van der Waals surface area contributed by atoms with E-state index in [1.165, 1.54) is 24.3 Å². The van der Waals surface area contributed by atoms with Gasteiger partial charge < -0.3 is 24.8 Å². The number of hydrogen-bond donors (Lipinski definition) is 3. The molecule has 138 valence electrons. The first-order valence-electron chi connectivity index (χ1n) is 8.40. The highest BCUT2D eigenvalue weighted by atomic mass is 19.1. The first-order chi connectivity index (χ1) is 12.4. The lowest BCUT2D eigenvalue weighted by Crippen LogP contribution is -2.37. The Labute approximate surface area is 150 Å². The van der Waals surface area contributed by atoms with Crippen molar-refractivity contribution in [2.75, 3.05) is 0 Å². The molecule has 0 aromatic heterocycles. The number of aliphatic hydroxyl groups excluding tert-OH is 1. The summed E-state index contributed by atoms with van der Waals surface area (Å²) < 4.78 is 24.4. The van der Waals surface area contributed by atoms with E-state index in [-0.39, 0.29) is 35.6 Å². The van der Waals surface area contributed by atoms with Crippen LogP contribution in [-0.4, -0.2) is 33.8 Å². The highest BCUT2D eigenvalue weighted by molar-refractivity contribution is 5.75. The van der Waals surface area contributed by atoms with Gasteiger partial charge in [0, 0.05) is 18.1 Å². The zero-order valence-corrected chi connectivity index (χ0v) is 14.3. The lowest BCUT2D eigenvalue weighted by Gasteiger charge is -2.31. The quantitative estimate of drug-likeness (QED) is 0.725. The molecule has 6 heteroatoms. The van der Waals surface area contributed by atoms with Crippen molar-refractivity contribution in [3.05, 3.63) is 53.3 Å². The zero-order valence-electron chi connectivity index (χ0n) is 14.3. The smallest absolute Gasteiger partial charge is 0.202 e. The van der Waals surface area contributed by atoms with Crippen LogP contribution >= 0.6 is 0 Å². The molecule has 0 amide bonds. The van der Waals surface area contributed by atoms with Gasteiger partial charge in [0.25, 0.3) is 0 Å². The summed E-state index contributed by atoms with van der Waals surface area (Å²) in [6.45, 7) is 1.84. The third-order valence-electron chi connectivity index (χ3n) is 4.11. The van der Waals surface area contributed by atoms with Crippen LogP contribution in [0.5, 0.6) is 17.2 Å². The number of halogens is 1. The topological polar surface area (TPSA) is 79.2 Å². The van der Waals surface area contributed by atoms with E-state index in [4.69, 9.17) is 9.47 Å². The second-order valence-corrected chi connectivity index (χ2v) is 6.39. The molecule has 2 aromatic rings. The van der Waals surface area contributed by atoms with Crippen molar-refractivity contribution in [1.29, 1.82) is 0 Å². The number of aliphatic hydroxyl groups is 1. The van der Waals surface area contributed by atoms with Gasteiger partial charge in [0.05, 0.1) is 12.2 Å². The summed E-state index contributed by atoms with van der Waals surface area (Å²) in [6.07, 6.45) is 2.75. The average molecular weight is 360 g/mol. The van der Waals surface area contributed by atoms with Crippen LogP contribution in [-0.2, 0) is 4.74 Å². The van der Waals surface area contributed by atoms with E-state index in [0.29, 0.717) is 12.0 Å². The second kappa shape index (κ2) is 7.76. The molecular formula is C20H21FO5. The fraction of sp³-hybridized carbons (Fsp3) is 0.300. The Hall–Kier alpha value is -2.57. The molecule has 3 unspecified atom stereocenters. The van der Waals surface area contributed by atoms with Crippen LogP contribution in [0.3, 0.4) is 0 Å². The first-order valence-corrected chi connectivity index (χ1v) is 8.40. The summed E-state index contributed by atoms with van der Waals surface area (Å²) in [5.74, 6) is -0.539. The van der Waals surface area contributed by atoms with Crippen LogP contribution in [0.25, 0.3) is 12.2 Å².